The van der Waals surface area contributed by atoms with Crippen molar-refractivity contribution in [3.8, 4) is 0 Å². The molecule has 3 nitrogen and oxygen atoms in total. The highest BCUT2D eigenvalue weighted by molar-refractivity contribution is 9.10. The first-order valence-corrected chi connectivity index (χ1v) is 6.27. The van der Waals surface area contributed by atoms with Gasteiger partial charge in [0.2, 0.25) is 0 Å². The Morgan fingerprint density at radius 3 is 1.71 bits per heavy atom. The summed E-state index contributed by atoms with van der Waals surface area (Å²) in [7, 11) is 0. The first-order valence-electron chi connectivity index (χ1n) is 4.44. The summed E-state index contributed by atoms with van der Waals surface area (Å²) in [6.07, 6.45) is 0. The van der Waals surface area contributed by atoms with Crippen molar-refractivity contribution in [2.45, 2.75) is 48.4 Å². The van der Waals surface area contributed by atoms with Gasteiger partial charge in [-0.2, -0.15) is 5.06 Å². The molecular formula is C9H15Br2NO2. The van der Waals surface area contributed by atoms with Gasteiger partial charge in [-0.1, -0.05) is 31.9 Å². The van der Waals surface area contributed by atoms with E-state index in [1.165, 1.54) is 5.06 Å². The Hall–Kier alpha value is 0.550. The van der Waals surface area contributed by atoms with Crippen LogP contribution in [0.2, 0.25) is 0 Å². The van der Waals surface area contributed by atoms with Crippen LogP contribution in [0.15, 0.2) is 0 Å². The molecule has 0 unspecified atom stereocenters. The lowest BCUT2D eigenvalue weighted by molar-refractivity contribution is -0.231. The Balaban J connectivity index is 3.15. The van der Waals surface area contributed by atoms with Gasteiger partial charge >= 0.3 is 0 Å². The van der Waals surface area contributed by atoms with Crippen molar-refractivity contribution in [2.75, 3.05) is 0 Å². The number of piperidine rings is 1. The number of nitrogens with zero attached hydrogens (tertiary/aromatic N) is 1. The van der Waals surface area contributed by atoms with E-state index in [-0.39, 0.29) is 15.4 Å². The quantitative estimate of drug-likeness (QED) is 0.694. The molecule has 1 aliphatic rings. The van der Waals surface area contributed by atoms with Gasteiger partial charge in [0, 0.05) is 0 Å². The second kappa shape index (κ2) is 3.54. The lowest BCUT2D eigenvalue weighted by atomic mass is 9.81. The minimum atomic E-state index is -0.592. The van der Waals surface area contributed by atoms with E-state index in [0.717, 1.165) is 0 Å². The first-order chi connectivity index (χ1) is 6.13. The predicted octanol–water partition coefficient (Wildman–Crippen LogP) is 2.34. The normalized spacial score (nSPS) is 37.2. The van der Waals surface area contributed by atoms with Gasteiger partial charge in [0.1, 0.15) is 0 Å². The second-order valence-electron chi connectivity index (χ2n) is 4.75. The summed E-state index contributed by atoms with van der Waals surface area (Å²) in [5.74, 6) is 0.0744. The van der Waals surface area contributed by atoms with Gasteiger partial charge in [-0.05, 0) is 27.7 Å². The Morgan fingerprint density at radius 2 is 1.43 bits per heavy atom. The summed E-state index contributed by atoms with van der Waals surface area (Å²) >= 11 is 6.65. The maximum absolute atomic E-state index is 11.9. The van der Waals surface area contributed by atoms with E-state index in [4.69, 9.17) is 0 Å². The highest BCUT2D eigenvalue weighted by atomic mass is 79.9. The smallest absolute Gasteiger partial charge is 0.163 e. The first kappa shape index (κ1) is 12.6. The van der Waals surface area contributed by atoms with Gasteiger partial charge < -0.3 is 5.21 Å². The largest absolute Gasteiger partial charge is 0.313 e. The standard InChI is InChI=1S/C9H15Br2NO2/c1-8(2)6(10)5(13)7(11)9(3,4)12(8)14/h6-7,14H,1-4H3/t6-,7-/m1/s1. The van der Waals surface area contributed by atoms with Crippen LogP contribution in [0, 0.1) is 0 Å². The number of rotatable bonds is 0. The molecule has 82 valence electrons. The molecule has 1 aliphatic heterocycles. The number of alkyl halides is 2. The fourth-order valence-corrected chi connectivity index (χ4v) is 3.05. The van der Waals surface area contributed by atoms with Crippen LogP contribution < -0.4 is 0 Å². The molecule has 0 aliphatic carbocycles. The molecule has 0 spiro atoms. The number of hydrogen-bond donors (Lipinski definition) is 1. The third kappa shape index (κ3) is 1.58. The van der Waals surface area contributed by atoms with Crippen molar-refractivity contribution >= 4 is 37.6 Å². The van der Waals surface area contributed by atoms with Crippen LogP contribution in [0.5, 0.6) is 0 Å². The fraction of sp³-hybridized carbons (Fsp3) is 0.889. The monoisotopic (exact) mass is 327 g/mol. The SMILES string of the molecule is CC1(C)[C@H](Br)C(=O)[C@@H](Br)C(C)(C)N1O. The molecule has 1 fully saturated rings. The highest BCUT2D eigenvalue weighted by Crippen LogP contribution is 2.41. The Morgan fingerprint density at radius 1 is 1.14 bits per heavy atom. The summed E-state index contributed by atoms with van der Waals surface area (Å²) in [6.45, 7) is 7.35. The Bertz CT molecular complexity index is 242. The van der Waals surface area contributed by atoms with Gasteiger partial charge in [-0.3, -0.25) is 4.79 Å². The number of carbonyl (C=O) groups excluding carboxylic acids is 1. The molecule has 14 heavy (non-hydrogen) atoms. The highest BCUT2D eigenvalue weighted by Gasteiger charge is 2.55. The van der Waals surface area contributed by atoms with Gasteiger partial charge in [-0.15, -0.1) is 0 Å². The molecule has 1 saturated heterocycles. The predicted molar refractivity (Wildman–Crippen MR) is 62.2 cm³/mol. The molecule has 0 radical (unpaired) electrons. The van der Waals surface area contributed by atoms with Crippen LogP contribution in [-0.4, -0.2) is 36.8 Å². The third-order valence-corrected chi connectivity index (χ3v) is 5.98. The van der Waals surface area contributed by atoms with Gasteiger partial charge in [-0.25, -0.2) is 0 Å². The fourth-order valence-electron chi connectivity index (χ4n) is 1.78. The van der Waals surface area contributed by atoms with Crippen molar-refractivity contribution in [3.63, 3.8) is 0 Å². The molecule has 1 heterocycles. The number of halogens is 2. The van der Waals surface area contributed by atoms with E-state index >= 15 is 0 Å². The van der Waals surface area contributed by atoms with E-state index in [1.54, 1.807) is 0 Å². The van der Waals surface area contributed by atoms with Crippen molar-refractivity contribution < 1.29 is 10.0 Å². The molecular weight excluding hydrogens is 314 g/mol. The van der Waals surface area contributed by atoms with Crippen LogP contribution in [0.4, 0.5) is 0 Å². The van der Waals surface area contributed by atoms with Gasteiger partial charge in [0.05, 0.1) is 20.7 Å². The number of carbonyl (C=O) groups is 1. The molecule has 0 bridgehead atoms. The van der Waals surface area contributed by atoms with Crippen LogP contribution >= 0.6 is 31.9 Å². The van der Waals surface area contributed by atoms with E-state index in [0.29, 0.717) is 0 Å². The van der Waals surface area contributed by atoms with E-state index < -0.39 is 11.1 Å². The molecule has 0 saturated carbocycles. The average molecular weight is 329 g/mol. The molecule has 2 atom stereocenters. The van der Waals surface area contributed by atoms with E-state index in [9.17, 15) is 10.0 Å². The summed E-state index contributed by atoms with van der Waals surface area (Å²) in [5.41, 5.74) is -1.18. The topological polar surface area (TPSA) is 40.5 Å². The minimum Gasteiger partial charge on any atom is -0.313 e. The van der Waals surface area contributed by atoms with Crippen LogP contribution in [0.25, 0.3) is 0 Å². The number of hydrogen-bond acceptors (Lipinski definition) is 3. The summed E-state index contributed by atoms with van der Waals surface area (Å²) in [6, 6.07) is 0. The number of ketones is 1. The van der Waals surface area contributed by atoms with Gasteiger partial charge in [0.25, 0.3) is 0 Å². The summed E-state index contributed by atoms with van der Waals surface area (Å²) < 4.78 is 0. The summed E-state index contributed by atoms with van der Waals surface area (Å²) in [4.78, 5) is 11.1. The zero-order chi connectivity index (χ0) is 11.3. The number of Topliss-reactive ketones (excluding diaryl/α,β-unsaturated/α-hetero) is 1. The molecule has 0 amide bonds. The zero-order valence-electron chi connectivity index (χ0n) is 8.71. The molecule has 0 aromatic heterocycles. The van der Waals surface area contributed by atoms with Crippen molar-refractivity contribution in [1.82, 2.24) is 5.06 Å². The van der Waals surface area contributed by atoms with E-state index in [1.807, 2.05) is 27.7 Å². The van der Waals surface area contributed by atoms with Gasteiger partial charge in [0.15, 0.2) is 5.78 Å². The Kier molecular flexibility index (Phi) is 3.19. The van der Waals surface area contributed by atoms with Crippen LogP contribution in [0.1, 0.15) is 27.7 Å². The molecule has 5 heteroatoms. The lowest BCUT2D eigenvalue weighted by Crippen LogP contribution is -2.69. The maximum Gasteiger partial charge on any atom is 0.163 e. The zero-order valence-corrected chi connectivity index (χ0v) is 11.9. The minimum absolute atomic E-state index is 0.0744. The number of hydroxylamine groups is 2. The van der Waals surface area contributed by atoms with E-state index in [2.05, 4.69) is 31.9 Å². The van der Waals surface area contributed by atoms with Crippen molar-refractivity contribution in [3.05, 3.63) is 0 Å². The Labute approximate surface area is 101 Å². The van der Waals surface area contributed by atoms with Crippen molar-refractivity contribution in [1.29, 1.82) is 0 Å². The maximum atomic E-state index is 11.9. The molecule has 1 rings (SSSR count). The van der Waals surface area contributed by atoms with Crippen LogP contribution in [-0.2, 0) is 4.79 Å². The lowest BCUT2D eigenvalue weighted by Gasteiger charge is -2.52. The average Bonchev–Trinajstić information content (AvgIpc) is 2.11. The second-order valence-corrected chi connectivity index (χ2v) is 6.58. The summed E-state index contributed by atoms with van der Waals surface area (Å²) in [5, 5.41) is 11.3. The molecule has 0 aromatic carbocycles. The molecule has 0 aromatic rings. The van der Waals surface area contributed by atoms with Crippen LogP contribution in [0.3, 0.4) is 0 Å². The van der Waals surface area contributed by atoms with Crippen molar-refractivity contribution in [2.24, 2.45) is 0 Å². The third-order valence-electron chi connectivity index (χ3n) is 2.83. The molecule has 1 N–H and O–H groups in total.